The monoisotopic (exact) mass is 337 g/mol. The summed E-state index contributed by atoms with van der Waals surface area (Å²) in [6, 6.07) is 9.04. The minimum Gasteiger partial charge on any atom is -0.507 e. The highest BCUT2D eigenvalue weighted by atomic mass is 16.3. The van der Waals surface area contributed by atoms with Gasteiger partial charge in [-0.05, 0) is 43.9 Å². The maximum atomic E-state index is 10.1. The van der Waals surface area contributed by atoms with Gasteiger partial charge in [-0.15, -0.1) is 0 Å². The highest BCUT2D eigenvalue weighted by Gasteiger charge is 2.26. The highest BCUT2D eigenvalue weighted by Crippen LogP contribution is 2.37. The molecule has 5 N–H and O–H groups in total. The molecule has 2 atom stereocenters. The Hall–Kier alpha value is -2.65. The number of hydrogen-bond acceptors (Lipinski definition) is 6. The van der Waals surface area contributed by atoms with Crippen LogP contribution in [0.15, 0.2) is 24.3 Å². The molecule has 25 heavy (non-hydrogen) atoms. The van der Waals surface area contributed by atoms with E-state index in [1.165, 1.54) is 0 Å². The summed E-state index contributed by atoms with van der Waals surface area (Å²) in [6.45, 7) is 0.644. The van der Waals surface area contributed by atoms with Crippen LogP contribution < -0.4 is 11.5 Å². The van der Waals surface area contributed by atoms with Crippen LogP contribution >= 0.6 is 0 Å². The van der Waals surface area contributed by atoms with E-state index in [9.17, 15) is 10.4 Å². The van der Waals surface area contributed by atoms with Crippen LogP contribution in [-0.4, -0.2) is 21.6 Å². The lowest BCUT2D eigenvalue weighted by molar-refractivity contribution is 0.439. The molecular weight excluding hydrogens is 314 g/mol. The zero-order valence-corrected chi connectivity index (χ0v) is 14.2. The average Bonchev–Trinajstić information content (AvgIpc) is 2.87. The smallest absolute Gasteiger partial charge is 0.165 e. The van der Waals surface area contributed by atoms with Crippen LogP contribution in [0.3, 0.4) is 0 Å². The van der Waals surface area contributed by atoms with Crippen molar-refractivity contribution in [2.24, 2.45) is 11.7 Å². The largest absolute Gasteiger partial charge is 0.507 e. The van der Waals surface area contributed by atoms with Crippen molar-refractivity contribution in [3.63, 3.8) is 0 Å². The molecule has 1 saturated carbocycles. The molecule has 0 radical (unpaired) electrons. The van der Waals surface area contributed by atoms with Gasteiger partial charge in [0.15, 0.2) is 5.82 Å². The summed E-state index contributed by atoms with van der Waals surface area (Å²) >= 11 is 0. The van der Waals surface area contributed by atoms with Gasteiger partial charge in [-0.1, -0.05) is 25.0 Å². The van der Waals surface area contributed by atoms with Gasteiger partial charge in [0.2, 0.25) is 0 Å². The minimum absolute atomic E-state index is 0.0956. The zero-order chi connectivity index (χ0) is 17.8. The van der Waals surface area contributed by atoms with E-state index in [1.807, 2.05) is 6.07 Å². The Bertz CT molecular complexity index is 799. The number of nitrogens with zero attached hydrogens (tertiary/aromatic N) is 3. The molecule has 0 amide bonds. The van der Waals surface area contributed by atoms with E-state index >= 15 is 0 Å². The molecule has 0 aliphatic heterocycles. The van der Waals surface area contributed by atoms with Crippen LogP contribution in [0, 0.1) is 17.2 Å². The van der Waals surface area contributed by atoms with Gasteiger partial charge in [0, 0.05) is 5.92 Å². The summed E-state index contributed by atoms with van der Waals surface area (Å²) < 4.78 is 0. The maximum Gasteiger partial charge on any atom is 0.165 e. The average molecular weight is 337 g/mol. The van der Waals surface area contributed by atoms with E-state index in [1.54, 1.807) is 18.2 Å². The number of nitriles is 1. The molecule has 0 bridgehead atoms. The number of nitrogens with two attached hydrogens (primary N) is 2. The number of phenolic OH excluding ortho intramolecular Hbond substituents is 1. The lowest BCUT2D eigenvalue weighted by Gasteiger charge is -2.20. The van der Waals surface area contributed by atoms with E-state index in [0.717, 1.165) is 32.1 Å². The van der Waals surface area contributed by atoms with Crippen molar-refractivity contribution in [3.8, 4) is 23.2 Å². The molecule has 1 fully saturated rings. The van der Waals surface area contributed by atoms with Crippen LogP contribution in [0.2, 0.25) is 0 Å². The van der Waals surface area contributed by atoms with Crippen molar-refractivity contribution in [1.29, 1.82) is 5.26 Å². The quantitative estimate of drug-likeness (QED) is 0.740. The molecule has 0 spiro atoms. The Morgan fingerprint density at radius 2 is 1.96 bits per heavy atom. The normalized spacial score (nSPS) is 20.6. The second-order valence-corrected chi connectivity index (χ2v) is 6.64. The number of para-hydroxylation sites is 1. The predicted molar refractivity (Wildman–Crippen MR) is 96.6 cm³/mol. The number of aromatic nitrogens is 2. The molecule has 1 aromatic heterocycles. The molecule has 0 saturated heterocycles. The third-order valence-corrected chi connectivity index (χ3v) is 4.97. The van der Waals surface area contributed by atoms with E-state index in [4.69, 9.17) is 11.5 Å². The van der Waals surface area contributed by atoms with E-state index in [-0.39, 0.29) is 17.5 Å². The van der Waals surface area contributed by atoms with Gasteiger partial charge in [-0.2, -0.15) is 5.26 Å². The fraction of sp³-hybridized carbons (Fsp3) is 0.421. The summed E-state index contributed by atoms with van der Waals surface area (Å²) in [5, 5.41) is 19.7. The number of benzene rings is 1. The third kappa shape index (κ3) is 3.57. The van der Waals surface area contributed by atoms with Crippen LogP contribution in [0.5, 0.6) is 5.75 Å². The van der Waals surface area contributed by atoms with Crippen LogP contribution in [0.1, 0.15) is 49.3 Å². The first-order valence-electron chi connectivity index (χ1n) is 8.70. The molecule has 2 aromatic rings. The lowest BCUT2D eigenvalue weighted by atomic mass is 9.88. The molecule has 1 aliphatic carbocycles. The van der Waals surface area contributed by atoms with Crippen molar-refractivity contribution in [3.05, 3.63) is 35.5 Å². The SMILES string of the molecule is N#Cc1c(N)nc(-c2ccccc2O)nc1C1CCCCC(CN)C1. The van der Waals surface area contributed by atoms with Crippen molar-refractivity contribution in [2.75, 3.05) is 12.3 Å². The second-order valence-electron chi connectivity index (χ2n) is 6.64. The lowest BCUT2D eigenvalue weighted by Crippen LogP contribution is -2.17. The summed E-state index contributed by atoms with van der Waals surface area (Å²) in [4.78, 5) is 8.91. The first-order chi connectivity index (χ1) is 12.1. The molecule has 1 aliphatic rings. The summed E-state index contributed by atoms with van der Waals surface area (Å²) in [6.07, 6.45) is 5.21. The summed E-state index contributed by atoms with van der Waals surface area (Å²) in [5.41, 5.74) is 13.5. The standard InChI is InChI=1S/C19H23N5O/c20-10-12-5-1-2-6-13(9-12)17-15(11-21)18(22)24-19(23-17)14-7-3-4-8-16(14)25/h3-4,7-8,12-13,25H,1-2,5-6,9-10,20H2,(H2,22,23,24). The molecular formula is C19H23N5O. The Balaban J connectivity index is 2.08. The molecule has 1 heterocycles. The summed E-state index contributed by atoms with van der Waals surface area (Å²) in [7, 11) is 0. The Morgan fingerprint density at radius 3 is 2.68 bits per heavy atom. The molecule has 6 heteroatoms. The third-order valence-electron chi connectivity index (χ3n) is 4.97. The second kappa shape index (κ2) is 7.49. The Kier molecular flexibility index (Phi) is 5.15. The number of anilines is 1. The Labute approximate surface area is 147 Å². The number of aromatic hydroxyl groups is 1. The number of rotatable bonds is 3. The molecule has 2 unspecified atom stereocenters. The maximum absolute atomic E-state index is 10.1. The number of phenols is 1. The zero-order valence-electron chi connectivity index (χ0n) is 14.2. The number of nitrogen functional groups attached to an aromatic ring is 1. The first kappa shape index (κ1) is 17.2. The van der Waals surface area contributed by atoms with Gasteiger partial charge in [-0.3, -0.25) is 0 Å². The van der Waals surface area contributed by atoms with Crippen molar-refractivity contribution >= 4 is 5.82 Å². The van der Waals surface area contributed by atoms with Crippen LogP contribution in [0.4, 0.5) is 5.82 Å². The van der Waals surface area contributed by atoms with Crippen molar-refractivity contribution in [2.45, 2.75) is 38.0 Å². The van der Waals surface area contributed by atoms with Crippen molar-refractivity contribution < 1.29 is 5.11 Å². The van der Waals surface area contributed by atoms with Gasteiger partial charge >= 0.3 is 0 Å². The van der Waals surface area contributed by atoms with Gasteiger partial charge in [0.05, 0.1) is 11.3 Å². The van der Waals surface area contributed by atoms with Crippen LogP contribution in [0.25, 0.3) is 11.4 Å². The van der Waals surface area contributed by atoms with Crippen LogP contribution in [-0.2, 0) is 0 Å². The molecule has 130 valence electrons. The van der Waals surface area contributed by atoms with E-state index in [2.05, 4.69) is 16.0 Å². The first-order valence-corrected chi connectivity index (χ1v) is 8.70. The summed E-state index contributed by atoms with van der Waals surface area (Å²) in [5.74, 6) is 1.19. The van der Waals surface area contributed by atoms with E-state index in [0.29, 0.717) is 35.1 Å². The van der Waals surface area contributed by atoms with Crippen molar-refractivity contribution in [1.82, 2.24) is 9.97 Å². The topological polar surface area (TPSA) is 122 Å². The van der Waals surface area contributed by atoms with Gasteiger partial charge in [0.1, 0.15) is 23.2 Å². The van der Waals surface area contributed by atoms with Gasteiger partial charge < -0.3 is 16.6 Å². The molecule has 6 nitrogen and oxygen atoms in total. The predicted octanol–water partition coefficient (Wildman–Crippen LogP) is 2.93. The molecule has 1 aromatic carbocycles. The fourth-order valence-electron chi connectivity index (χ4n) is 3.61. The fourth-order valence-corrected chi connectivity index (χ4v) is 3.61. The van der Waals surface area contributed by atoms with E-state index < -0.39 is 0 Å². The van der Waals surface area contributed by atoms with Gasteiger partial charge in [0.25, 0.3) is 0 Å². The van der Waals surface area contributed by atoms with Gasteiger partial charge in [-0.25, -0.2) is 9.97 Å². The molecule has 3 rings (SSSR count). The number of hydrogen-bond donors (Lipinski definition) is 3. The highest BCUT2D eigenvalue weighted by molar-refractivity contribution is 5.66. The Morgan fingerprint density at radius 1 is 1.20 bits per heavy atom. The minimum atomic E-state index is 0.0956.